The van der Waals surface area contributed by atoms with Gasteiger partial charge in [-0.25, -0.2) is 9.37 Å². The molecule has 2 N–H and O–H groups in total. The summed E-state index contributed by atoms with van der Waals surface area (Å²) in [5, 5.41) is 16.3. The quantitative estimate of drug-likeness (QED) is 0.282. The first-order chi connectivity index (χ1) is 18.7. The van der Waals surface area contributed by atoms with E-state index in [4.69, 9.17) is 11.6 Å². The number of aryl methyl sites for hydroxylation is 2. The third-order valence-corrected chi connectivity index (χ3v) is 10.2. The van der Waals surface area contributed by atoms with Crippen molar-refractivity contribution in [3.05, 3.63) is 64.6 Å². The maximum atomic E-state index is 13.9. The molecular formula is C29H31ClFN6OP. The van der Waals surface area contributed by atoms with Gasteiger partial charge in [0.2, 0.25) is 5.95 Å². The summed E-state index contributed by atoms with van der Waals surface area (Å²) < 4.78 is 26.6. The smallest absolute Gasteiger partial charge is 0.229 e. The summed E-state index contributed by atoms with van der Waals surface area (Å²) in [7, 11) is -2.75. The lowest BCUT2D eigenvalue weighted by molar-refractivity contribution is 0.195. The van der Waals surface area contributed by atoms with E-state index in [9.17, 15) is 14.2 Å². The molecule has 1 aromatic heterocycles. The number of aromatic nitrogens is 2. The largest absolute Gasteiger partial charge is 0.338 e. The van der Waals surface area contributed by atoms with E-state index in [1.165, 1.54) is 29.5 Å². The fourth-order valence-corrected chi connectivity index (χ4v) is 7.49. The molecule has 202 valence electrons. The summed E-state index contributed by atoms with van der Waals surface area (Å²) in [6.45, 7) is 5.35. The number of fused-ring (bicyclic) bond motifs is 2. The zero-order valence-electron chi connectivity index (χ0n) is 22.0. The van der Waals surface area contributed by atoms with E-state index in [-0.39, 0.29) is 0 Å². The van der Waals surface area contributed by atoms with Gasteiger partial charge in [0.1, 0.15) is 18.0 Å². The molecule has 1 saturated carbocycles. The Kier molecular flexibility index (Phi) is 6.87. The SMILES string of the molecule is CP(C)(=O)c1cc(F)ccc1Nc1nc(Nc2ccc3c(c2)CCC(N2CC4C(C#N)C4C2)CC3)ncc1Cl. The van der Waals surface area contributed by atoms with Crippen molar-refractivity contribution in [3.8, 4) is 6.07 Å². The van der Waals surface area contributed by atoms with E-state index in [0.717, 1.165) is 44.5 Å². The molecule has 3 aromatic rings. The number of halogens is 2. The van der Waals surface area contributed by atoms with Crippen molar-refractivity contribution in [3.63, 3.8) is 0 Å². The Labute approximate surface area is 233 Å². The highest BCUT2D eigenvalue weighted by molar-refractivity contribution is 7.70. The number of piperidine rings is 1. The molecule has 39 heavy (non-hydrogen) atoms. The number of anilines is 4. The molecule has 2 fully saturated rings. The van der Waals surface area contributed by atoms with Crippen molar-refractivity contribution in [1.82, 2.24) is 14.9 Å². The molecule has 2 heterocycles. The van der Waals surface area contributed by atoms with E-state index in [1.807, 2.05) is 0 Å². The summed E-state index contributed by atoms with van der Waals surface area (Å²) in [4.78, 5) is 11.5. The summed E-state index contributed by atoms with van der Waals surface area (Å²) in [5.41, 5.74) is 4.11. The number of likely N-dealkylation sites (tertiary alicyclic amines) is 1. The average molecular weight is 565 g/mol. The third-order valence-electron chi connectivity index (χ3n) is 8.38. The molecule has 0 amide bonds. The van der Waals surface area contributed by atoms with Gasteiger partial charge in [-0.1, -0.05) is 17.7 Å². The highest BCUT2D eigenvalue weighted by Gasteiger charge is 2.56. The van der Waals surface area contributed by atoms with Crippen LogP contribution in [0.3, 0.4) is 0 Å². The zero-order chi connectivity index (χ0) is 27.3. The number of nitrogens with zero attached hydrogens (tertiary/aromatic N) is 4. The van der Waals surface area contributed by atoms with E-state index >= 15 is 0 Å². The number of nitrogens with one attached hydrogen (secondary N) is 2. The Balaban J connectivity index is 1.15. The highest BCUT2D eigenvalue weighted by Crippen LogP contribution is 2.52. The van der Waals surface area contributed by atoms with Crippen LogP contribution < -0.4 is 15.9 Å². The second-order valence-electron chi connectivity index (χ2n) is 11.3. The standard InChI is InChI=1S/C29H31ClFN6OP/c1-39(2,38)27-12-19(31)6-10-26(27)35-28-25(30)14-33-29(36-28)34-20-7-3-17-4-8-21(9-5-18(17)11-20)37-15-23-22(13-32)24(23)16-37/h3,6-7,10-12,14,21-24H,4-5,8-9,15-16H2,1-2H3,(H2,33,34,35,36). The lowest BCUT2D eigenvalue weighted by atomic mass is 10.0. The van der Waals surface area contributed by atoms with Gasteiger partial charge < -0.3 is 15.2 Å². The van der Waals surface area contributed by atoms with Gasteiger partial charge in [-0.2, -0.15) is 10.2 Å². The minimum absolute atomic E-state index is 0.293. The molecule has 6 rings (SSSR count). The van der Waals surface area contributed by atoms with Crippen LogP contribution in [0.2, 0.25) is 5.02 Å². The van der Waals surface area contributed by atoms with Gasteiger partial charge >= 0.3 is 0 Å². The van der Waals surface area contributed by atoms with Gasteiger partial charge in [0.15, 0.2) is 5.82 Å². The molecule has 10 heteroatoms. The predicted octanol–water partition coefficient (Wildman–Crippen LogP) is 5.95. The van der Waals surface area contributed by atoms with Gasteiger partial charge in [-0.05, 0) is 92.3 Å². The summed E-state index contributed by atoms with van der Waals surface area (Å²) in [5.74, 6) is 1.75. The van der Waals surface area contributed by atoms with E-state index < -0.39 is 13.0 Å². The third kappa shape index (κ3) is 5.41. The molecule has 1 saturated heterocycles. The molecule has 0 radical (unpaired) electrons. The van der Waals surface area contributed by atoms with Crippen molar-refractivity contribution in [1.29, 1.82) is 5.26 Å². The predicted molar refractivity (Wildman–Crippen MR) is 154 cm³/mol. The molecule has 2 aliphatic carbocycles. The van der Waals surface area contributed by atoms with Crippen LogP contribution >= 0.6 is 18.7 Å². The maximum Gasteiger partial charge on any atom is 0.229 e. The summed E-state index contributed by atoms with van der Waals surface area (Å²) >= 11 is 6.38. The van der Waals surface area contributed by atoms with Crippen LogP contribution in [0.1, 0.15) is 24.0 Å². The zero-order valence-corrected chi connectivity index (χ0v) is 23.6. The molecule has 3 aliphatic rings. The van der Waals surface area contributed by atoms with Gasteiger partial charge in [-0.15, -0.1) is 0 Å². The van der Waals surface area contributed by atoms with E-state index in [2.05, 4.69) is 49.8 Å². The van der Waals surface area contributed by atoms with Gasteiger partial charge in [0.25, 0.3) is 0 Å². The molecule has 3 atom stereocenters. The van der Waals surface area contributed by atoms with Gasteiger partial charge in [0, 0.05) is 30.1 Å². The Hall–Kier alpha value is -2.98. The Morgan fingerprint density at radius 1 is 1.08 bits per heavy atom. The fraction of sp³-hybridized carbons (Fsp3) is 0.414. The normalized spacial score (nSPS) is 24.3. The number of hydrogen-bond acceptors (Lipinski definition) is 7. The van der Waals surface area contributed by atoms with Crippen LogP contribution in [-0.4, -0.2) is 47.3 Å². The van der Waals surface area contributed by atoms with Crippen molar-refractivity contribution in [2.75, 3.05) is 37.1 Å². The topological polar surface area (TPSA) is 93.9 Å². The molecule has 3 unspecified atom stereocenters. The average Bonchev–Trinajstić information content (AvgIpc) is 3.46. The van der Waals surface area contributed by atoms with E-state index in [1.54, 1.807) is 19.4 Å². The van der Waals surface area contributed by atoms with Crippen LogP contribution in [0.4, 0.5) is 27.5 Å². The molecular weight excluding hydrogens is 534 g/mol. The molecule has 1 aliphatic heterocycles. The first-order valence-electron chi connectivity index (χ1n) is 13.4. The number of rotatable bonds is 6. The lowest BCUT2D eigenvalue weighted by Crippen LogP contribution is -2.35. The van der Waals surface area contributed by atoms with Crippen molar-refractivity contribution in [2.45, 2.75) is 31.7 Å². The summed E-state index contributed by atoms with van der Waals surface area (Å²) in [6.07, 6.45) is 5.85. The van der Waals surface area contributed by atoms with Crippen LogP contribution in [0.25, 0.3) is 0 Å². The van der Waals surface area contributed by atoms with Crippen molar-refractivity contribution in [2.24, 2.45) is 17.8 Å². The van der Waals surface area contributed by atoms with Crippen LogP contribution in [0, 0.1) is 34.9 Å². The monoisotopic (exact) mass is 564 g/mol. The fourth-order valence-electron chi connectivity index (χ4n) is 6.21. The lowest BCUT2D eigenvalue weighted by Gasteiger charge is -2.28. The van der Waals surface area contributed by atoms with Crippen molar-refractivity contribution >= 4 is 47.2 Å². The highest BCUT2D eigenvalue weighted by atomic mass is 35.5. The number of benzene rings is 2. The van der Waals surface area contributed by atoms with Gasteiger partial charge in [-0.3, -0.25) is 4.90 Å². The second-order valence-corrected chi connectivity index (χ2v) is 14.9. The van der Waals surface area contributed by atoms with Gasteiger partial charge in [0.05, 0.1) is 23.9 Å². The minimum Gasteiger partial charge on any atom is -0.338 e. The Morgan fingerprint density at radius 2 is 1.82 bits per heavy atom. The maximum absolute atomic E-state index is 13.9. The van der Waals surface area contributed by atoms with Crippen LogP contribution in [-0.2, 0) is 17.4 Å². The Morgan fingerprint density at radius 3 is 2.54 bits per heavy atom. The van der Waals surface area contributed by atoms with Crippen LogP contribution in [0.15, 0.2) is 42.6 Å². The van der Waals surface area contributed by atoms with Crippen LogP contribution in [0.5, 0.6) is 0 Å². The molecule has 7 nitrogen and oxygen atoms in total. The summed E-state index contributed by atoms with van der Waals surface area (Å²) in [6, 6.07) is 13.6. The first kappa shape index (κ1) is 26.3. The number of hydrogen-bond donors (Lipinski definition) is 2. The number of nitriles is 1. The minimum atomic E-state index is -2.75. The first-order valence-corrected chi connectivity index (χ1v) is 16.3. The van der Waals surface area contributed by atoms with Crippen molar-refractivity contribution < 1.29 is 8.96 Å². The molecule has 0 bridgehead atoms. The Bertz CT molecular complexity index is 1510. The van der Waals surface area contributed by atoms with E-state index in [0.29, 0.717) is 51.6 Å². The molecule has 0 spiro atoms. The second kappa shape index (κ2) is 10.2. The molecule has 2 aromatic carbocycles.